The van der Waals surface area contributed by atoms with E-state index in [9.17, 15) is 25.0 Å². The minimum atomic E-state index is -0.756. The monoisotopic (exact) mass is 399 g/mol. The van der Waals surface area contributed by atoms with Crippen LogP contribution in [0.3, 0.4) is 0 Å². The van der Waals surface area contributed by atoms with Gasteiger partial charge in [-0.25, -0.2) is 0 Å². The fraction of sp³-hybridized carbons (Fsp3) is 0.316. The van der Waals surface area contributed by atoms with E-state index in [4.69, 9.17) is 0 Å². The Morgan fingerprint density at radius 2 is 1.62 bits per heavy atom. The molecule has 0 saturated carbocycles. The number of nitro groups is 2. The lowest BCUT2D eigenvalue weighted by Crippen LogP contribution is -2.44. The number of anilines is 2. The zero-order valence-corrected chi connectivity index (χ0v) is 16.1. The van der Waals surface area contributed by atoms with Crippen molar-refractivity contribution in [3.8, 4) is 0 Å². The number of likely N-dealkylation sites (N-methyl/N-ethyl adjacent to an activating group) is 1. The highest BCUT2D eigenvalue weighted by molar-refractivity contribution is 6.06. The van der Waals surface area contributed by atoms with E-state index in [2.05, 4.69) is 22.2 Å². The molecule has 0 spiro atoms. The van der Waals surface area contributed by atoms with Crippen LogP contribution in [0.15, 0.2) is 36.4 Å². The Bertz CT molecular complexity index is 952. The molecule has 0 radical (unpaired) electrons. The summed E-state index contributed by atoms with van der Waals surface area (Å²) in [5.41, 5.74) is 0.550. The first-order chi connectivity index (χ1) is 13.8. The van der Waals surface area contributed by atoms with Gasteiger partial charge >= 0.3 is 0 Å². The lowest BCUT2D eigenvalue weighted by molar-refractivity contribution is -0.394. The van der Waals surface area contributed by atoms with Gasteiger partial charge in [-0.2, -0.15) is 0 Å². The molecule has 1 heterocycles. The SMILES string of the molecule is Cc1c(C(=O)Nc2ccc(N3CCN(C)CC3)cc2)cc([N+](=O)[O-])cc1[N+](=O)[O-]. The molecule has 0 bridgehead atoms. The Hall–Kier alpha value is -3.53. The van der Waals surface area contributed by atoms with Crippen molar-refractivity contribution in [2.45, 2.75) is 6.92 Å². The number of nitrogens with one attached hydrogen (secondary N) is 1. The van der Waals surface area contributed by atoms with Crippen molar-refractivity contribution in [2.75, 3.05) is 43.4 Å². The van der Waals surface area contributed by atoms with Gasteiger partial charge in [0.1, 0.15) is 0 Å². The lowest BCUT2D eigenvalue weighted by atomic mass is 10.0. The third-order valence-corrected chi connectivity index (χ3v) is 5.01. The molecule has 0 aliphatic carbocycles. The maximum atomic E-state index is 12.6. The minimum Gasteiger partial charge on any atom is -0.369 e. The summed E-state index contributed by atoms with van der Waals surface area (Å²) in [6, 6.07) is 9.18. The lowest BCUT2D eigenvalue weighted by Gasteiger charge is -2.34. The van der Waals surface area contributed by atoms with Crippen molar-refractivity contribution in [3.63, 3.8) is 0 Å². The van der Waals surface area contributed by atoms with E-state index in [-0.39, 0.29) is 11.1 Å². The standard InChI is InChI=1S/C19H21N5O5/c1-13-17(11-16(23(26)27)12-18(13)24(28)29)19(25)20-14-3-5-15(6-4-14)22-9-7-21(2)8-10-22/h3-6,11-12H,7-10H2,1-2H3,(H,20,25). The zero-order valence-electron chi connectivity index (χ0n) is 16.1. The molecule has 1 N–H and O–H groups in total. The highest BCUT2D eigenvalue weighted by Gasteiger charge is 2.25. The van der Waals surface area contributed by atoms with Crippen molar-refractivity contribution in [3.05, 3.63) is 67.8 Å². The summed E-state index contributed by atoms with van der Waals surface area (Å²) in [5.74, 6) is -0.637. The van der Waals surface area contributed by atoms with E-state index < -0.39 is 27.1 Å². The van der Waals surface area contributed by atoms with Crippen molar-refractivity contribution in [1.82, 2.24) is 4.90 Å². The van der Waals surface area contributed by atoms with Crippen molar-refractivity contribution < 1.29 is 14.6 Å². The summed E-state index contributed by atoms with van der Waals surface area (Å²) in [7, 11) is 2.08. The fourth-order valence-electron chi connectivity index (χ4n) is 3.23. The number of carbonyl (C=O) groups is 1. The summed E-state index contributed by atoms with van der Waals surface area (Å²) in [6.07, 6.45) is 0. The van der Waals surface area contributed by atoms with Crippen molar-refractivity contribution in [1.29, 1.82) is 0 Å². The van der Waals surface area contributed by atoms with Crippen LogP contribution in [0.25, 0.3) is 0 Å². The quantitative estimate of drug-likeness (QED) is 0.606. The van der Waals surface area contributed by atoms with Gasteiger partial charge in [0.2, 0.25) is 0 Å². The molecule has 0 atom stereocenters. The van der Waals surface area contributed by atoms with E-state index in [1.807, 2.05) is 12.1 Å². The molecule has 3 rings (SSSR count). The largest absolute Gasteiger partial charge is 0.369 e. The van der Waals surface area contributed by atoms with Crippen LogP contribution in [0.4, 0.5) is 22.7 Å². The van der Waals surface area contributed by atoms with Gasteiger partial charge in [-0.05, 0) is 38.2 Å². The number of hydrogen-bond donors (Lipinski definition) is 1. The predicted octanol–water partition coefficient (Wildman–Crippen LogP) is 2.82. The average Bonchev–Trinajstić information content (AvgIpc) is 2.69. The molecule has 0 unspecified atom stereocenters. The van der Waals surface area contributed by atoms with Gasteiger partial charge in [-0.15, -0.1) is 0 Å². The number of amides is 1. The molecule has 1 aliphatic heterocycles. The summed E-state index contributed by atoms with van der Waals surface area (Å²) >= 11 is 0. The van der Waals surface area contributed by atoms with Crippen LogP contribution in [-0.4, -0.2) is 53.9 Å². The van der Waals surface area contributed by atoms with Crippen molar-refractivity contribution in [2.24, 2.45) is 0 Å². The summed E-state index contributed by atoms with van der Waals surface area (Å²) in [4.78, 5) is 37.9. The van der Waals surface area contributed by atoms with Gasteiger partial charge in [0, 0.05) is 49.2 Å². The zero-order chi connectivity index (χ0) is 21.1. The van der Waals surface area contributed by atoms with Crippen LogP contribution in [-0.2, 0) is 0 Å². The number of nitrogens with zero attached hydrogens (tertiary/aromatic N) is 4. The molecule has 1 amide bonds. The van der Waals surface area contributed by atoms with Gasteiger partial charge in [0.05, 0.1) is 21.5 Å². The third-order valence-electron chi connectivity index (χ3n) is 5.01. The summed E-state index contributed by atoms with van der Waals surface area (Å²) in [6.45, 7) is 5.18. The molecule has 2 aromatic carbocycles. The normalized spacial score (nSPS) is 14.5. The van der Waals surface area contributed by atoms with Gasteiger partial charge in [0.25, 0.3) is 17.3 Å². The number of hydrogen-bond acceptors (Lipinski definition) is 7. The molecule has 0 aromatic heterocycles. The predicted molar refractivity (Wildman–Crippen MR) is 109 cm³/mol. The smallest absolute Gasteiger partial charge is 0.279 e. The first-order valence-electron chi connectivity index (χ1n) is 9.04. The van der Waals surface area contributed by atoms with E-state index in [1.54, 1.807) is 12.1 Å². The third kappa shape index (κ3) is 4.49. The Labute approximate surface area is 167 Å². The minimum absolute atomic E-state index is 0.0761. The molecule has 1 aliphatic rings. The van der Waals surface area contributed by atoms with E-state index in [0.29, 0.717) is 5.69 Å². The molecule has 10 nitrogen and oxygen atoms in total. The average molecular weight is 399 g/mol. The molecule has 10 heteroatoms. The number of carbonyl (C=O) groups excluding carboxylic acids is 1. The first kappa shape index (κ1) is 20.2. The number of rotatable bonds is 5. The van der Waals surface area contributed by atoms with Gasteiger partial charge in [-0.1, -0.05) is 0 Å². The number of non-ortho nitro benzene ring substituents is 1. The maximum Gasteiger partial charge on any atom is 0.279 e. The summed E-state index contributed by atoms with van der Waals surface area (Å²) < 4.78 is 0. The van der Waals surface area contributed by atoms with E-state index >= 15 is 0 Å². The maximum absolute atomic E-state index is 12.6. The number of piperazine rings is 1. The molecule has 29 heavy (non-hydrogen) atoms. The Kier molecular flexibility index (Phi) is 5.74. The molecular weight excluding hydrogens is 378 g/mol. The second-order valence-corrected chi connectivity index (χ2v) is 6.94. The Morgan fingerprint density at radius 3 is 2.17 bits per heavy atom. The van der Waals surface area contributed by atoms with E-state index in [0.717, 1.165) is 44.0 Å². The molecule has 2 aromatic rings. The fourth-order valence-corrected chi connectivity index (χ4v) is 3.23. The Balaban J connectivity index is 1.79. The topological polar surface area (TPSA) is 122 Å². The van der Waals surface area contributed by atoms with Crippen LogP contribution in [0, 0.1) is 27.2 Å². The molecule has 152 valence electrons. The van der Waals surface area contributed by atoms with Crippen LogP contribution in [0.2, 0.25) is 0 Å². The van der Waals surface area contributed by atoms with Gasteiger partial charge in [-0.3, -0.25) is 25.0 Å². The molecular formula is C19H21N5O5. The molecule has 1 saturated heterocycles. The van der Waals surface area contributed by atoms with Gasteiger partial charge in [0.15, 0.2) is 0 Å². The highest BCUT2D eigenvalue weighted by atomic mass is 16.6. The number of benzene rings is 2. The first-order valence-corrected chi connectivity index (χ1v) is 9.04. The highest BCUT2D eigenvalue weighted by Crippen LogP contribution is 2.29. The summed E-state index contributed by atoms with van der Waals surface area (Å²) in [5, 5.41) is 24.9. The van der Waals surface area contributed by atoms with Crippen LogP contribution >= 0.6 is 0 Å². The Morgan fingerprint density at radius 1 is 1.00 bits per heavy atom. The van der Waals surface area contributed by atoms with Crippen molar-refractivity contribution >= 4 is 28.7 Å². The van der Waals surface area contributed by atoms with Gasteiger partial charge < -0.3 is 15.1 Å². The van der Waals surface area contributed by atoms with Crippen LogP contribution in [0.1, 0.15) is 15.9 Å². The van der Waals surface area contributed by atoms with Crippen LogP contribution < -0.4 is 10.2 Å². The van der Waals surface area contributed by atoms with Crippen LogP contribution in [0.5, 0.6) is 0 Å². The second-order valence-electron chi connectivity index (χ2n) is 6.94. The van der Waals surface area contributed by atoms with E-state index in [1.165, 1.54) is 6.92 Å². The second kappa shape index (κ2) is 8.23. The molecule has 1 fully saturated rings. The number of nitro benzene ring substituents is 2.